The molecule has 3 aromatic rings. The van der Waals surface area contributed by atoms with Crippen molar-refractivity contribution >= 4 is 45.6 Å². The number of nitrogens with zero attached hydrogens (tertiary/aromatic N) is 3. The first-order valence-electron chi connectivity index (χ1n) is 6.92. The molecule has 4 rings (SSSR count). The average Bonchev–Trinajstić information content (AvgIpc) is 3.19. The Bertz CT molecular complexity index is 896. The number of hydrogen-bond acceptors (Lipinski definition) is 3. The molecule has 1 amide bonds. The fourth-order valence-electron chi connectivity index (χ4n) is 2.73. The summed E-state index contributed by atoms with van der Waals surface area (Å²) in [6, 6.07) is 8.00. The van der Waals surface area contributed by atoms with E-state index in [2.05, 4.69) is 11.1 Å². The lowest BCUT2D eigenvalue weighted by Gasteiger charge is -2.14. The first-order valence-corrected chi connectivity index (χ1v) is 8.18. The Morgan fingerprint density at radius 2 is 2.23 bits per heavy atom. The van der Waals surface area contributed by atoms with E-state index >= 15 is 0 Å². The molecule has 4 nitrogen and oxygen atoms in total. The summed E-state index contributed by atoms with van der Waals surface area (Å²) in [5.74, 6) is -0.0359. The third kappa shape index (κ3) is 2.14. The highest BCUT2D eigenvalue weighted by Gasteiger charge is 2.22. The molecule has 0 atom stereocenters. The molecule has 110 valence electrons. The molecule has 0 unspecified atom stereocenters. The van der Waals surface area contributed by atoms with Gasteiger partial charge in [-0.3, -0.25) is 9.20 Å². The van der Waals surface area contributed by atoms with Crippen LogP contribution in [0.25, 0.3) is 11.0 Å². The highest BCUT2D eigenvalue weighted by molar-refractivity contribution is 7.15. The second kappa shape index (κ2) is 5.26. The molecule has 0 saturated heterocycles. The van der Waals surface area contributed by atoms with E-state index in [-0.39, 0.29) is 5.91 Å². The summed E-state index contributed by atoms with van der Waals surface area (Å²) < 4.78 is 1.88. The summed E-state index contributed by atoms with van der Waals surface area (Å²) >= 11 is 7.64. The van der Waals surface area contributed by atoms with E-state index in [1.807, 2.05) is 34.2 Å². The third-order valence-corrected chi connectivity index (χ3v) is 4.83. The number of fused-ring (bicyclic) bond motifs is 2. The van der Waals surface area contributed by atoms with Gasteiger partial charge in [0.1, 0.15) is 0 Å². The van der Waals surface area contributed by atoms with E-state index in [0.717, 1.165) is 29.3 Å². The maximum absolute atomic E-state index is 12.5. The zero-order valence-corrected chi connectivity index (χ0v) is 13.1. The Balaban J connectivity index is 1.63. The Labute approximate surface area is 136 Å². The largest absolute Gasteiger partial charge is 0.308 e. The van der Waals surface area contributed by atoms with Gasteiger partial charge in [0.25, 0.3) is 5.91 Å². The van der Waals surface area contributed by atoms with Crippen LogP contribution in [-0.4, -0.2) is 21.8 Å². The molecule has 0 aliphatic carbocycles. The number of anilines is 1. The molecule has 0 fully saturated rings. The van der Waals surface area contributed by atoms with Crippen molar-refractivity contribution in [3.8, 4) is 0 Å². The fraction of sp³-hybridized carbons (Fsp3) is 0.125. The van der Waals surface area contributed by atoms with E-state index in [1.165, 1.54) is 16.9 Å². The summed E-state index contributed by atoms with van der Waals surface area (Å²) in [5, 5.41) is 2.35. The van der Waals surface area contributed by atoms with Gasteiger partial charge in [-0.25, -0.2) is 4.98 Å². The van der Waals surface area contributed by atoms with Crippen molar-refractivity contribution in [2.75, 3.05) is 11.4 Å². The van der Waals surface area contributed by atoms with Crippen molar-refractivity contribution in [3.05, 3.63) is 58.3 Å². The number of thiazole rings is 1. The molecular weight excluding hydrogens is 318 g/mol. The van der Waals surface area contributed by atoms with Gasteiger partial charge in [-0.1, -0.05) is 29.8 Å². The molecule has 6 heteroatoms. The number of amides is 1. The molecule has 0 N–H and O–H groups in total. The molecule has 0 bridgehead atoms. The first kappa shape index (κ1) is 13.5. The second-order valence-corrected chi connectivity index (χ2v) is 6.28. The van der Waals surface area contributed by atoms with Gasteiger partial charge in [-0.05, 0) is 24.1 Å². The number of carbonyl (C=O) groups is 1. The number of halogens is 1. The Hall–Kier alpha value is -2.11. The quantitative estimate of drug-likeness (QED) is 0.673. The monoisotopic (exact) mass is 329 g/mol. The molecule has 0 spiro atoms. The molecule has 3 heterocycles. The summed E-state index contributed by atoms with van der Waals surface area (Å²) in [4.78, 5) is 19.3. The van der Waals surface area contributed by atoms with E-state index in [1.54, 1.807) is 17.1 Å². The topological polar surface area (TPSA) is 37.6 Å². The van der Waals surface area contributed by atoms with E-state index < -0.39 is 0 Å². The van der Waals surface area contributed by atoms with Crippen molar-refractivity contribution in [1.29, 1.82) is 0 Å². The zero-order chi connectivity index (χ0) is 15.1. The van der Waals surface area contributed by atoms with E-state index in [9.17, 15) is 4.79 Å². The van der Waals surface area contributed by atoms with Crippen LogP contribution in [0, 0.1) is 0 Å². The van der Waals surface area contributed by atoms with Crippen molar-refractivity contribution in [2.45, 2.75) is 6.42 Å². The Kier molecular flexibility index (Phi) is 3.24. The van der Waals surface area contributed by atoms with E-state index in [4.69, 9.17) is 11.6 Å². The predicted molar refractivity (Wildman–Crippen MR) is 89.6 cm³/mol. The third-order valence-electron chi connectivity index (χ3n) is 3.79. The Morgan fingerprint density at radius 3 is 3.14 bits per heavy atom. The van der Waals surface area contributed by atoms with Crippen LogP contribution in [0.4, 0.5) is 5.69 Å². The molecule has 1 aromatic carbocycles. The first-order chi connectivity index (χ1) is 10.7. The van der Waals surface area contributed by atoms with Gasteiger partial charge in [0.2, 0.25) is 0 Å². The average molecular weight is 330 g/mol. The number of benzene rings is 1. The van der Waals surface area contributed by atoms with Crippen LogP contribution in [0.2, 0.25) is 5.15 Å². The van der Waals surface area contributed by atoms with E-state index in [0.29, 0.717) is 5.15 Å². The number of rotatable bonds is 2. The molecule has 0 radical (unpaired) electrons. The summed E-state index contributed by atoms with van der Waals surface area (Å²) in [6.45, 7) is 0.719. The van der Waals surface area contributed by atoms with Crippen molar-refractivity contribution in [2.24, 2.45) is 0 Å². The lowest BCUT2D eigenvalue weighted by molar-refractivity contribution is -0.114. The van der Waals surface area contributed by atoms with Gasteiger partial charge in [0, 0.05) is 29.9 Å². The maximum atomic E-state index is 12.5. The lowest BCUT2D eigenvalue weighted by atomic mass is 10.2. The minimum Gasteiger partial charge on any atom is -0.308 e. The van der Waals surface area contributed by atoms with Gasteiger partial charge >= 0.3 is 0 Å². The number of hydrogen-bond donors (Lipinski definition) is 0. The van der Waals surface area contributed by atoms with Gasteiger partial charge < -0.3 is 4.90 Å². The highest BCUT2D eigenvalue weighted by atomic mass is 35.5. The highest BCUT2D eigenvalue weighted by Crippen LogP contribution is 2.28. The second-order valence-electron chi connectivity index (χ2n) is 5.05. The molecule has 2 aromatic heterocycles. The van der Waals surface area contributed by atoms with Crippen molar-refractivity contribution in [1.82, 2.24) is 9.38 Å². The standard InChI is InChI=1S/C16H12ClN3OS/c17-15-13(20-9-10-22-16(20)18-15)5-6-14(21)19-8-7-11-3-1-2-4-12(11)19/h1-6,9-10H,7-8H2/b6-5+. The summed E-state index contributed by atoms with van der Waals surface area (Å²) in [7, 11) is 0. The number of para-hydroxylation sites is 1. The smallest absolute Gasteiger partial charge is 0.251 e. The normalized spacial score (nSPS) is 14.1. The molecule has 22 heavy (non-hydrogen) atoms. The van der Waals surface area contributed by atoms with Gasteiger partial charge in [-0.2, -0.15) is 0 Å². The van der Waals surface area contributed by atoms with Gasteiger partial charge in [0.05, 0.1) is 5.69 Å². The molecule has 1 aliphatic rings. The van der Waals surface area contributed by atoms with Crippen LogP contribution >= 0.6 is 22.9 Å². The number of carbonyl (C=O) groups excluding carboxylic acids is 1. The number of imidazole rings is 1. The molecule has 0 saturated carbocycles. The molecule has 1 aliphatic heterocycles. The maximum Gasteiger partial charge on any atom is 0.251 e. The molecular formula is C16H12ClN3OS. The van der Waals surface area contributed by atoms with Crippen LogP contribution in [0.1, 0.15) is 11.3 Å². The van der Waals surface area contributed by atoms with Crippen LogP contribution in [0.5, 0.6) is 0 Å². The van der Waals surface area contributed by atoms with Crippen molar-refractivity contribution < 1.29 is 4.79 Å². The Morgan fingerprint density at radius 1 is 1.36 bits per heavy atom. The fourth-order valence-corrected chi connectivity index (χ4v) is 3.74. The summed E-state index contributed by atoms with van der Waals surface area (Å²) in [6.07, 6.45) is 6.10. The summed E-state index contributed by atoms with van der Waals surface area (Å²) in [5.41, 5.74) is 2.95. The minimum atomic E-state index is -0.0359. The predicted octanol–water partition coefficient (Wildman–Crippen LogP) is 3.65. The van der Waals surface area contributed by atoms with Crippen LogP contribution < -0.4 is 4.90 Å². The van der Waals surface area contributed by atoms with Crippen LogP contribution in [0.3, 0.4) is 0 Å². The van der Waals surface area contributed by atoms with Gasteiger partial charge in [0.15, 0.2) is 10.1 Å². The van der Waals surface area contributed by atoms with Gasteiger partial charge in [-0.15, -0.1) is 11.3 Å². The number of aromatic nitrogens is 2. The van der Waals surface area contributed by atoms with Crippen molar-refractivity contribution in [3.63, 3.8) is 0 Å². The SMILES string of the molecule is O=C(/C=C/c1c(Cl)nc2sccn12)N1CCc2ccccc21. The van der Waals surface area contributed by atoms with Crippen LogP contribution in [-0.2, 0) is 11.2 Å². The zero-order valence-electron chi connectivity index (χ0n) is 11.6. The lowest BCUT2D eigenvalue weighted by Crippen LogP contribution is -2.26. The minimum absolute atomic E-state index is 0.0359. The van der Waals surface area contributed by atoms with Crippen LogP contribution in [0.15, 0.2) is 41.9 Å².